The molecule has 4 heterocycles. The molecule has 0 fully saturated rings. The van der Waals surface area contributed by atoms with Crippen LogP contribution in [0.5, 0.6) is 0 Å². The molecule has 54 heavy (non-hydrogen) atoms. The van der Waals surface area contributed by atoms with Gasteiger partial charge in [0.15, 0.2) is 5.82 Å². The van der Waals surface area contributed by atoms with Crippen molar-refractivity contribution in [2.75, 3.05) is 0 Å². The van der Waals surface area contributed by atoms with Gasteiger partial charge in [-0.2, -0.15) is 15.0 Å². The van der Waals surface area contributed by atoms with Crippen molar-refractivity contribution in [1.29, 1.82) is 0 Å². The first-order valence-corrected chi connectivity index (χ1v) is 18.4. The molecule has 1 aliphatic carbocycles. The molecule has 0 atom stereocenters. The summed E-state index contributed by atoms with van der Waals surface area (Å²) in [5.74, 6) is 1.63. The number of rotatable bonds is 3. The summed E-state index contributed by atoms with van der Waals surface area (Å²) in [6.07, 6.45) is 0. The second kappa shape index (κ2) is 10.5. The van der Waals surface area contributed by atoms with Crippen LogP contribution in [0, 0.1) is 0 Å². The van der Waals surface area contributed by atoms with Gasteiger partial charge in [0.25, 0.3) is 0 Å². The van der Waals surface area contributed by atoms with Gasteiger partial charge in [-0.3, -0.25) is 9.13 Å². The maximum atomic E-state index is 6.57. The maximum absolute atomic E-state index is 6.57. The van der Waals surface area contributed by atoms with Crippen LogP contribution in [0.2, 0.25) is 0 Å². The summed E-state index contributed by atoms with van der Waals surface area (Å²) in [4.78, 5) is 16.1. The number of aromatic nitrogens is 5. The number of hydrogen-bond donors (Lipinski definition) is 0. The van der Waals surface area contributed by atoms with Crippen molar-refractivity contribution < 1.29 is 4.42 Å². The first-order valence-electron chi connectivity index (χ1n) is 18.4. The monoisotopic (exact) mass is 693 g/mol. The molecule has 0 N–H and O–H groups in total. The molecule has 4 aromatic heterocycles. The summed E-state index contributed by atoms with van der Waals surface area (Å²) >= 11 is 0. The molecule has 7 aromatic carbocycles. The standard InChI is InChI=1S/C48H31N5O/c1-48(2)37-21-8-3-14-28(37)35-26-36-31-17-6-11-24-41(31)53(42(36)27-38(35)48)47-50-45(34-20-13-19-33-32-18-7-12-25-43(32)54-44(33)34)49-46(51-47)52-39-22-9-4-15-29(39)30-16-5-10-23-40(30)52/h3-27H,1-2H3. The third kappa shape index (κ3) is 3.86. The lowest BCUT2D eigenvalue weighted by molar-refractivity contribution is 0.661. The predicted molar refractivity (Wildman–Crippen MR) is 219 cm³/mol. The fourth-order valence-electron chi connectivity index (χ4n) is 9.11. The lowest BCUT2D eigenvalue weighted by Gasteiger charge is -2.21. The van der Waals surface area contributed by atoms with E-state index < -0.39 is 0 Å². The Balaban J connectivity index is 1.21. The zero-order valence-electron chi connectivity index (χ0n) is 29.6. The Kier molecular flexibility index (Phi) is 5.75. The van der Waals surface area contributed by atoms with Crippen molar-refractivity contribution in [3.05, 3.63) is 163 Å². The minimum absolute atomic E-state index is 0.170. The Morgan fingerprint density at radius 1 is 0.426 bits per heavy atom. The molecule has 0 aliphatic heterocycles. The average molecular weight is 694 g/mol. The van der Waals surface area contributed by atoms with Crippen molar-refractivity contribution in [3.63, 3.8) is 0 Å². The molecule has 0 unspecified atom stereocenters. The van der Waals surface area contributed by atoms with E-state index in [1.807, 2.05) is 18.2 Å². The molecular weight excluding hydrogens is 663 g/mol. The summed E-state index contributed by atoms with van der Waals surface area (Å²) in [7, 11) is 0. The lowest BCUT2D eigenvalue weighted by Crippen LogP contribution is -2.15. The Morgan fingerprint density at radius 3 is 1.67 bits per heavy atom. The van der Waals surface area contributed by atoms with Crippen molar-refractivity contribution in [2.45, 2.75) is 19.3 Å². The third-order valence-corrected chi connectivity index (χ3v) is 11.6. The molecule has 0 amide bonds. The topological polar surface area (TPSA) is 61.7 Å². The summed E-state index contributed by atoms with van der Waals surface area (Å²) in [5, 5.41) is 6.69. The smallest absolute Gasteiger partial charge is 0.240 e. The van der Waals surface area contributed by atoms with Gasteiger partial charge in [-0.05, 0) is 64.7 Å². The van der Waals surface area contributed by atoms with Crippen LogP contribution in [-0.4, -0.2) is 24.1 Å². The van der Waals surface area contributed by atoms with Gasteiger partial charge in [0.05, 0.1) is 27.6 Å². The number of benzene rings is 7. The number of para-hydroxylation sites is 5. The van der Waals surface area contributed by atoms with Crippen LogP contribution in [0.4, 0.5) is 0 Å². The molecular formula is C48H31N5O. The second-order valence-corrected chi connectivity index (χ2v) is 14.8. The van der Waals surface area contributed by atoms with Crippen LogP contribution in [0.1, 0.15) is 25.0 Å². The van der Waals surface area contributed by atoms with Gasteiger partial charge in [0, 0.05) is 37.7 Å². The van der Waals surface area contributed by atoms with Crippen LogP contribution >= 0.6 is 0 Å². The van der Waals surface area contributed by atoms with Crippen LogP contribution in [0.3, 0.4) is 0 Å². The Morgan fingerprint density at radius 2 is 0.963 bits per heavy atom. The molecule has 0 radical (unpaired) electrons. The predicted octanol–water partition coefficient (Wildman–Crippen LogP) is 11.9. The highest BCUT2D eigenvalue weighted by molar-refractivity contribution is 6.12. The Labute approximate surface area is 309 Å². The van der Waals surface area contributed by atoms with E-state index in [4.69, 9.17) is 19.4 Å². The highest BCUT2D eigenvalue weighted by atomic mass is 16.3. The SMILES string of the molecule is CC1(C)c2ccccc2-c2cc3c4ccccc4n(-c4nc(-c5cccc6c5oc5ccccc56)nc(-n5c6ccccc6c6ccccc65)n4)c3cc21. The van der Waals surface area contributed by atoms with Gasteiger partial charge in [0.2, 0.25) is 11.9 Å². The van der Waals surface area contributed by atoms with Crippen LogP contribution in [0.25, 0.3) is 100.0 Å². The average Bonchev–Trinajstić information content (AvgIpc) is 3.92. The van der Waals surface area contributed by atoms with E-state index in [0.717, 1.165) is 71.1 Å². The maximum Gasteiger partial charge on any atom is 0.240 e. The van der Waals surface area contributed by atoms with E-state index in [2.05, 4.69) is 156 Å². The molecule has 1 aliphatic rings. The van der Waals surface area contributed by atoms with E-state index in [-0.39, 0.29) is 5.41 Å². The normalized spacial score (nSPS) is 13.5. The van der Waals surface area contributed by atoms with Gasteiger partial charge < -0.3 is 4.42 Å². The minimum atomic E-state index is -0.170. The van der Waals surface area contributed by atoms with Crippen molar-refractivity contribution >= 4 is 65.6 Å². The molecule has 11 aromatic rings. The summed E-state index contributed by atoms with van der Waals surface area (Å²) in [6.45, 7) is 4.65. The van der Waals surface area contributed by atoms with Crippen molar-refractivity contribution in [1.82, 2.24) is 24.1 Å². The fourth-order valence-corrected chi connectivity index (χ4v) is 9.11. The van der Waals surface area contributed by atoms with Crippen molar-refractivity contribution in [2.24, 2.45) is 0 Å². The molecule has 0 saturated heterocycles. The largest absolute Gasteiger partial charge is 0.455 e. The molecule has 0 saturated carbocycles. The van der Waals surface area contributed by atoms with E-state index in [1.165, 1.54) is 22.3 Å². The highest BCUT2D eigenvalue weighted by Gasteiger charge is 2.36. The van der Waals surface area contributed by atoms with Crippen LogP contribution in [-0.2, 0) is 5.41 Å². The Hall–Kier alpha value is -7.05. The van der Waals surface area contributed by atoms with Gasteiger partial charge in [-0.25, -0.2) is 0 Å². The van der Waals surface area contributed by atoms with Gasteiger partial charge in [-0.1, -0.05) is 123 Å². The highest BCUT2D eigenvalue weighted by Crippen LogP contribution is 2.51. The molecule has 12 rings (SSSR count). The first-order chi connectivity index (χ1) is 26.5. The third-order valence-electron chi connectivity index (χ3n) is 11.6. The second-order valence-electron chi connectivity index (χ2n) is 14.8. The lowest BCUT2D eigenvalue weighted by atomic mass is 9.82. The van der Waals surface area contributed by atoms with E-state index in [9.17, 15) is 0 Å². The van der Waals surface area contributed by atoms with Gasteiger partial charge >= 0.3 is 0 Å². The van der Waals surface area contributed by atoms with E-state index in [0.29, 0.717) is 17.7 Å². The van der Waals surface area contributed by atoms with Crippen LogP contribution < -0.4 is 0 Å². The zero-order valence-corrected chi connectivity index (χ0v) is 29.6. The molecule has 6 heteroatoms. The Bertz CT molecular complexity index is 3330. The summed E-state index contributed by atoms with van der Waals surface area (Å²) in [5.41, 5.74) is 11.6. The number of fused-ring (bicyclic) bond motifs is 12. The quantitative estimate of drug-likeness (QED) is 0.185. The molecule has 0 spiro atoms. The van der Waals surface area contributed by atoms with Crippen molar-refractivity contribution in [3.8, 4) is 34.4 Å². The molecule has 0 bridgehead atoms. The fraction of sp³-hybridized carbons (Fsp3) is 0.0625. The first kappa shape index (κ1) is 29.5. The number of nitrogens with zero attached hydrogens (tertiary/aromatic N) is 5. The zero-order chi connectivity index (χ0) is 35.7. The van der Waals surface area contributed by atoms with E-state index in [1.54, 1.807) is 0 Å². The minimum Gasteiger partial charge on any atom is -0.455 e. The van der Waals surface area contributed by atoms with Gasteiger partial charge in [0.1, 0.15) is 11.2 Å². The number of hydrogen-bond acceptors (Lipinski definition) is 4. The molecule has 254 valence electrons. The van der Waals surface area contributed by atoms with Crippen LogP contribution in [0.15, 0.2) is 156 Å². The molecule has 6 nitrogen and oxygen atoms in total. The van der Waals surface area contributed by atoms with Gasteiger partial charge in [-0.15, -0.1) is 0 Å². The summed E-state index contributed by atoms with van der Waals surface area (Å²) < 4.78 is 11.0. The number of furan rings is 1. The summed E-state index contributed by atoms with van der Waals surface area (Å²) in [6, 6.07) is 53.4. The van der Waals surface area contributed by atoms with E-state index >= 15 is 0 Å².